The van der Waals surface area contributed by atoms with Crippen LogP contribution in [0.4, 0.5) is 0 Å². The first-order valence-corrected chi connectivity index (χ1v) is 9.09. The third-order valence-electron chi connectivity index (χ3n) is 4.02. The minimum atomic E-state index is -0.960. The Morgan fingerprint density at radius 2 is 1.79 bits per heavy atom. The molecule has 0 spiro atoms. The van der Waals surface area contributed by atoms with Gasteiger partial charge in [-0.05, 0) is 55.8 Å². The lowest BCUT2D eigenvalue weighted by Crippen LogP contribution is -2.38. The summed E-state index contributed by atoms with van der Waals surface area (Å²) in [6.45, 7) is 3.51. The second kappa shape index (κ2) is 8.84. The Hall–Kier alpha value is -2.93. The zero-order chi connectivity index (χ0) is 20.1. The van der Waals surface area contributed by atoms with Crippen molar-refractivity contribution >= 4 is 23.5 Å². The number of amides is 1. The van der Waals surface area contributed by atoms with Crippen LogP contribution in [0.5, 0.6) is 17.2 Å². The molecule has 8 heteroatoms. The molecular weight excluding hydrogens is 386 g/mol. The van der Waals surface area contributed by atoms with E-state index in [1.807, 2.05) is 6.07 Å². The third kappa shape index (κ3) is 5.07. The van der Waals surface area contributed by atoms with Gasteiger partial charge in [0.2, 0.25) is 6.79 Å². The Kier molecular flexibility index (Phi) is 6.26. The van der Waals surface area contributed by atoms with Crippen LogP contribution in [0.25, 0.3) is 0 Å². The number of carbonyl (C=O) groups excluding carboxylic acids is 2. The zero-order valence-electron chi connectivity index (χ0n) is 15.4. The minimum absolute atomic E-state index is 0.189. The molecule has 0 aromatic heterocycles. The molecule has 3 rings (SSSR count). The van der Waals surface area contributed by atoms with Gasteiger partial charge in [0.05, 0.1) is 0 Å². The number of ether oxygens (including phenoxy) is 4. The van der Waals surface area contributed by atoms with Crippen molar-refractivity contribution in [3.63, 3.8) is 0 Å². The van der Waals surface area contributed by atoms with Crippen molar-refractivity contribution in [3.05, 3.63) is 53.1 Å². The van der Waals surface area contributed by atoms with E-state index in [1.165, 1.54) is 6.92 Å². The molecule has 0 saturated heterocycles. The molecule has 7 nitrogen and oxygen atoms in total. The quantitative estimate of drug-likeness (QED) is 0.713. The van der Waals surface area contributed by atoms with E-state index in [-0.39, 0.29) is 13.3 Å². The molecule has 28 heavy (non-hydrogen) atoms. The number of halogens is 1. The van der Waals surface area contributed by atoms with Crippen LogP contribution in [0.2, 0.25) is 5.02 Å². The van der Waals surface area contributed by atoms with Crippen molar-refractivity contribution in [2.45, 2.75) is 32.6 Å². The van der Waals surface area contributed by atoms with Crippen LogP contribution in [0.15, 0.2) is 42.5 Å². The van der Waals surface area contributed by atoms with E-state index in [2.05, 4.69) is 5.32 Å². The molecule has 2 aromatic rings. The first kappa shape index (κ1) is 19.8. The summed E-state index contributed by atoms with van der Waals surface area (Å²) in [5, 5.41) is 3.29. The Balaban J connectivity index is 1.46. The van der Waals surface area contributed by atoms with Gasteiger partial charge in [-0.1, -0.05) is 17.7 Å². The van der Waals surface area contributed by atoms with Gasteiger partial charge in [-0.15, -0.1) is 0 Å². The monoisotopic (exact) mass is 405 g/mol. The summed E-state index contributed by atoms with van der Waals surface area (Å²) in [6, 6.07) is 12.0. The second-order valence-electron chi connectivity index (χ2n) is 6.20. The molecule has 1 aliphatic rings. The van der Waals surface area contributed by atoms with E-state index in [4.69, 9.17) is 30.5 Å². The summed E-state index contributed by atoms with van der Waals surface area (Å²) >= 11 is 5.81. The van der Waals surface area contributed by atoms with Crippen LogP contribution in [0.3, 0.4) is 0 Å². The molecule has 0 unspecified atom stereocenters. The van der Waals surface area contributed by atoms with Gasteiger partial charge >= 0.3 is 5.97 Å². The predicted octanol–water partition coefficient (Wildman–Crippen LogP) is 3.08. The predicted molar refractivity (Wildman–Crippen MR) is 102 cm³/mol. The van der Waals surface area contributed by atoms with E-state index in [0.29, 0.717) is 22.3 Å². The minimum Gasteiger partial charge on any atom is -0.479 e. The van der Waals surface area contributed by atoms with E-state index in [1.54, 1.807) is 43.3 Å². The van der Waals surface area contributed by atoms with Gasteiger partial charge in [0.1, 0.15) is 5.75 Å². The van der Waals surface area contributed by atoms with Crippen LogP contribution >= 0.6 is 11.6 Å². The highest BCUT2D eigenvalue weighted by Crippen LogP contribution is 2.32. The maximum absolute atomic E-state index is 12.2. The molecule has 1 N–H and O–H groups in total. The van der Waals surface area contributed by atoms with E-state index in [9.17, 15) is 9.59 Å². The Morgan fingerprint density at radius 3 is 2.54 bits per heavy atom. The number of hydrogen-bond acceptors (Lipinski definition) is 6. The molecule has 0 fully saturated rings. The number of fused-ring (bicyclic) bond motifs is 1. The van der Waals surface area contributed by atoms with Gasteiger partial charge in [-0.2, -0.15) is 0 Å². The lowest BCUT2D eigenvalue weighted by Gasteiger charge is -2.18. The average molecular weight is 406 g/mol. The highest BCUT2D eigenvalue weighted by Gasteiger charge is 2.23. The first-order valence-electron chi connectivity index (χ1n) is 8.71. The zero-order valence-corrected chi connectivity index (χ0v) is 16.2. The third-order valence-corrected chi connectivity index (χ3v) is 4.28. The van der Waals surface area contributed by atoms with E-state index in [0.717, 1.165) is 5.56 Å². The molecule has 0 aliphatic carbocycles. The fourth-order valence-corrected chi connectivity index (χ4v) is 2.60. The largest absolute Gasteiger partial charge is 0.479 e. The summed E-state index contributed by atoms with van der Waals surface area (Å²) in [5.74, 6) is 0.741. The smallest absolute Gasteiger partial charge is 0.347 e. The Labute approximate surface area is 167 Å². The van der Waals surface area contributed by atoms with Gasteiger partial charge in [-0.25, -0.2) is 4.79 Å². The van der Waals surface area contributed by atoms with Crippen molar-refractivity contribution in [2.24, 2.45) is 0 Å². The number of hydrogen-bond donors (Lipinski definition) is 1. The van der Waals surface area contributed by atoms with Crippen molar-refractivity contribution in [2.75, 3.05) is 6.79 Å². The number of carbonyl (C=O) groups is 2. The molecule has 1 heterocycles. The molecule has 148 valence electrons. The molecule has 2 atom stereocenters. The molecule has 2 aromatic carbocycles. The fraction of sp³-hybridized carbons (Fsp3) is 0.300. The van der Waals surface area contributed by atoms with Crippen LogP contribution < -0.4 is 19.5 Å². The summed E-state index contributed by atoms with van der Waals surface area (Å²) in [6.07, 6.45) is -1.83. The number of benzene rings is 2. The van der Waals surface area contributed by atoms with Crippen LogP contribution in [-0.2, 0) is 20.9 Å². The van der Waals surface area contributed by atoms with Crippen LogP contribution in [-0.4, -0.2) is 30.9 Å². The Morgan fingerprint density at radius 1 is 1.07 bits per heavy atom. The molecule has 1 aliphatic heterocycles. The maximum Gasteiger partial charge on any atom is 0.347 e. The van der Waals surface area contributed by atoms with Crippen molar-refractivity contribution in [1.29, 1.82) is 0 Å². The molecule has 0 radical (unpaired) electrons. The van der Waals surface area contributed by atoms with Crippen LogP contribution in [0, 0.1) is 0 Å². The number of rotatable bonds is 7. The van der Waals surface area contributed by atoms with Crippen LogP contribution in [0.1, 0.15) is 19.4 Å². The van der Waals surface area contributed by atoms with Gasteiger partial charge in [-0.3, -0.25) is 4.79 Å². The fourth-order valence-electron chi connectivity index (χ4n) is 2.47. The first-order chi connectivity index (χ1) is 13.4. The normalized spacial score (nSPS) is 14.1. The van der Waals surface area contributed by atoms with E-state index >= 15 is 0 Å². The van der Waals surface area contributed by atoms with Crippen molar-refractivity contribution in [3.8, 4) is 17.2 Å². The maximum atomic E-state index is 12.2. The second-order valence-corrected chi connectivity index (χ2v) is 6.63. The molecule has 0 bridgehead atoms. The standard InChI is InChI=1S/C20H20ClNO6/c1-12(28-20(24)13(2)27-16-6-4-15(21)5-7-16)19(23)22-10-14-3-8-17-18(9-14)26-11-25-17/h3-9,12-13H,10-11H2,1-2H3,(H,22,23)/t12-,13-/m0/s1. The molecule has 1 amide bonds. The summed E-state index contributed by atoms with van der Waals surface area (Å²) in [4.78, 5) is 24.4. The summed E-state index contributed by atoms with van der Waals surface area (Å²) in [5.41, 5.74) is 0.843. The Bertz CT molecular complexity index is 854. The van der Waals surface area contributed by atoms with Gasteiger partial charge in [0.25, 0.3) is 5.91 Å². The summed E-state index contributed by atoms with van der Waals surface area (Å²) in [7, 11) is 0. The highest BCUT2D eigenvalue weighted by atomic mass is 35.5. The topological polar surface area (TPSA) is 83.1 Å². The SMILES string of the molecule is C[C@H](OC(=O)[C@H](C)Oc1ccc(Cl)cc1)C(=O)NCc1ccc2c(c1)OCO2. The van der Waals surface area contributed by atoms with Gasteiger partial charge in [0, 0.05) is 11.6 Å². The summed E-state index contributed by atoms with van der Waals surface area (Å²) < 4.78 is 21.2. The lowest BCUT2D eigenvalue weighted by atomic mass is 10.2. The molecular formula is C20H20ClNO6. The van der Waals surface area contributed by atoms with Crippen molar-refractivity contribution < 1.29 is 28.5 Å². The molecule has 0 saturated carbocycles. The van der Waals surface area contributed by atoms with Crippen molar-refractivity contribution in [1.82, 2.24) is 5.32 Å². The number of nitrogens with one attached hydrogen (secondary N) is 1. The average Bonchev–Trinajstić information content (AvgIpc) is 3.15. The number of esters is 1. The highest BCUT2D eigenvalue weighted by molar-refractivity contribution is 6.30. The van der Waals surface area contributed by atoms with E-state index < -0.39 is 24.1 Å². The lowest BCUT2D eigenvalue weighted by molar-refractivity contribution is -0.160. The van der Waals surface area contributed by atoms with Gasteiger partial charge in [0.15, 0.2) is 23.7 Å². The van der Waals surface area contributed by atoms with Gasteiger partial charge < -0.3 is 24.3 Å².